The molecule has 0 bridgehead atoms. The largest absolute Gasteiger partial charge is 0.487 e. The van der Waals surface area contributed by atoms with Crippen LogP contribution >= 0.6 is 0 Å². The first-order chi connectivity index (χ1) is 9.80. The second kappa shape index (κ2) is 6.03. The third-order valence-corrected chi connectivity index (χ3v) is 3.62. The van der Waals surface area contributed by atoms with Crippen molar-refractivity contribution in [1.82, 2.24) is 10.2 Å². The molecule has 0 radical (unpaired) electrons. The van der Waals surface area contributed by atoms with Gasteiger partial charge in [-0.1, -0.05) is 18.2 Å². The molecule has 5 heteroatoms. The molecule has 1 aromatic carbocycles. The quantitative estimate of drug-likeness (QED) is 0.823. The Morgan fingerprint density at radius 2 is 2.19 bits per heavy atom. The van der Waals surface area contributed by atoms with Gasteiger partial charge >= 0.3 is 0 Å². The van der Waals surface area contributed by atoms with Gasteiger partial charge in [-0.15, -0.1) is 0 Å². The number of carbonyl (C=O) groups is 1. The zero-order chi connectivity index (χ0) is 15.6. The van der Waals surface area contributed by atoms with Crippen molar-refractivity contribution >= 4 is 5.91 Å². The summed E-state index contributed by atoms with van der Waals surface area (Å²) >= 11 is 0. The normalized spacial score (nSPS) is 17.4. The summed E-state index contributed by atoms with van der Waals surface area (Å²) in [7, 11) is 3.99. The van der Waals surface area contributed by atoms with Crippen LogP contribution in [-0.4, -0.2) is 43.6 Å². The number of hydrogen-bond acceptors (Lipinski definition) is 4. The van der Waals surface area contributed by atoms with Gasteiger partial charge < -0.3 is 20.7 Å². The molecule has 1 aliphatic heterocycles. The molecule has 5 nitrogen and oxygen atoms in total. The lowest BCUT2D eigenvalue weighted by atomic mass is 9.98. The van der Waals surface area contributed by atoms with E-state index < -0.39 is 6.04 Å². The van der Waals surface area contributed by atoms with Gasteiger partial charge in [-0.3, -0.25) is 4.79 Å². The van der Waals surface area contributed by atoms with Gasteiger partial charge in [-0.2, -0.15) is 0 Å². The number of primary amides is 1. The van der Waals surface area contributed by atoms with E-state index in [2.05, 4.69) is 24.1 Å². The van der Waals surface area contributed by atoms with E-state index in [-0.39, 0.29) is 11.5 Å². The zero-order valence-corrected chi connectivity index (χ0v) is 13.3. The van der Waals surface area contributed by atoms with Crippen molar-refractivity contribution in [3.63, 3.8) is 0 Å². The molecular weight excluding hydrogens is 266 g/mol. The number of ether oxygens (including phenoxy) is 1. The van der Waals surface area contributed by atoms with Crippen molar-refractivity contribution in [1.29, 1.82) is 0 Å². The Morgan fingerprint density at radius 1 is 1.48 bits per heavy atom. The number of nitrogens with zero attached hydrogens (tertiary/aromatic N) is 1. The lowest BCUT2D eigenvalue weighted by Crippen LogP contribution is -2.37. The average molecular weight is 291 g/mol. The molecule has 21 heavy (non-hydrogen) atoms. The molecule has 0 fully saturated rings. The van der Waals surface area contributed by atoms with Gasteiger partial charge in [0.2, 0.25) is 5.91 Å². The Balaban J connectivity index is 2.23. The molecule has 1 amide bonds. The van der Waals surface area contributed by atoms with Crippen molar-refractivity contribution < 1.29 is 9.53 Å². The van der Waals surface area contributed by atoms with E-state index in [4.69, 9.17) is 10.5 Å². The van der Waals surface area contributed by atoms with Crippen molar-refractivity contribution in [3.05, 3.63) is 29.3 Å². The number of benzene rings is 1. The van der Waals surface area contributed by atoms with Crippen molar-refractivity contribution in [3.8, 4) is 5.75 Å². The molecule has 1 unspecified atom stereocenters. The van der Waals surface area contributed by atoms with Crippen LogP contribution in [0.3, 0.4) is 0 Å². The molecule has 0 aromatic heterocycles. The second-order valence-corrected chi connectivity index (χ2v) is 6.47. The molecule has 1 heterocycles. The van der Waals surface area contributed by atoms with Crippen LogP contribution in [0.15, 0.2) is 18.2 Å². The third-order valence-electron chi connectivity index (χ3n) is 3.62. The molecule has 0 saturated carbocycles. The number of likely N-dealkylation sites (N-methyl/N-ethyl adjacent to an activating group) is 1. The minimum Gasteiger partial charge on any atom is -0.487 e. The minimum atomic E-state index is -0.520. The zero-order valence-electron chi connectivity index (χ0n) is 13.3. The number of fused-ring (bicyclic) bond motifs is 1. The van der Waals surface area contributed by atoms with Gasteiger partial charge in [-0.05, 0) is 33.5 Å². The van der Waals surface area contributed by atoms with Crippen molar-refractivity contribution in [2.75, 3.05) is 27.2 Å². The summed E-state index contributed by atoms with van der Waals surface area (Å²) in [6.45, 7) is 5.63. The van der Waals surface area contributed by atoms with E-state index in [9.17, 15) is 4.79 Å². The Hall–Kier alpha value is -1.59. The summed E-state index contributed by atoms with van der Waals surface area (Å²) in [6.07, 6.45) is 0.847. The van der Waals surface area contributed by atoms with E-state index >= 15 is 0 Å². The molecule has 3 N–H and O–H groups in total. The van der Waals surface area contributed by atoms with Crippen LogP contribution in [0.4, 0.5) is 0 Å². The third kappa shape index (κ3) is 3.74. The summed E-state index contributed by atoms with van der Waals surface area (Å²) in [5.41, 5.74) is 7.32. The first kappa shape index (κ1) is 15.8. The predicted octanol–water partition coefficient (Wildman–Crippen LogP) is 1.08. The van der Waals surface area contributed by atoms with Crippen LogP contribution in [0.1, 0.15) is 31.0 Å². The van der Waals surface area contributed by atoms with Crippen molar-refractivity contribution in [2.45, 2.75) is 31.9 Å². The SMILES string of the molecule is CN(C)CCNC(C(N)=O)c1cccc2c1OC(C)(C)C2. The standard InChI is InChI=1S/C16H25N3O2/c1-16(2)10-11-6-5-7-12(14(11)21-16)13(15(17)20)18-8-9-19(3)4/h5-7,13,18H,8-10H2,1-4H3,(H2,17,20). The summed E-state index contributed by atoms with van der Waals surface area (Å²) in [4.78, 5) is 13.9. The number of para-hydroxylation sites is 1. The number of rotatable bonds is 6. The number of hydrogen-bond donors (Lipinski definition) is 2. The first-order valence-corrected chi connectivity index (χ1v) is 7.28. The Morgan fingerprint density at radius 3 is 2.81 bits per heavy atom. The van der Waals surface area contributed by atoms with E-state index in [0.29, 0.717) is 6.54 Å². The maximum atomic E-state index is 11.8. The molecule has 1 aliphatic rings. The highest BCUT2D eigenvalue weighted by Gasteiger charge is 2.34. The summed E-state index contributed by atoms with van der Waals surface area (Å²) in [5, 5.41) is 3.23. The lowest BCUT2D eigenvalue weighted by Gasteiger charge is -2.22. The molecule has 0 saturated heterocycles. The molecule has 0 spiro atoms. The maximum absolute atomic E-state index is 11.8. The molecule has 0 aliphatic carbocycles. The molecule has 2 rings (SSSR count). The van der Waals surface area contributed by atoms with E-state index in [0.717, 1.165) is 29.8 Å². The Labute approximate surface area is 126 Å². The fraction of sp³-hybridized carbons (Fsp3) is 0.562. The highest BCUT2D eigenvalue weighted by molar-refractivity contribution is 5.82. The molecule has 1 atom stereocenters. The summed E-state index contributed by atoms with van der Waals surface area (Å²) in [6, 6.07) is 5.40. The Bertz CT molecular complexity index is 526. The van der Waals surface area contributed by atoms with E-state index in [1.807, 2.05) is 32.3 Å². The van der Waals surface area contributed by atoms with Crippen molar-refractivity contribution in [2.24, 2.45) is 5.73 Å². The van der Waals surface area contributed by atoms with Crippen LogP contribution in [0.5, 0.6) is 5.75 Å². The van der Waals surface area contributed by atoms with Crippen LogP contribution in [0, 0.1) is 0 Å². The molecular formula is C16H25N3O2. The fourth-order valence-electron chi connectivity index (χ4n) is 2.66. The fourth-order valence-corrected chi connectivity index (χ4v) is 2.66. The number of carbonyl (C=O) groups excluding carboxylic acids is 1. The Kier molecular flexibility index (Phi) is 4.54. The smallest absolute Gasteiger partial charge is 0.239 e. The van der Waals surface area contributed by atoms with Gasteiger partial charge in [0, 0.05) is 25.1 Å². The van der Waals surface area contributed by atoms with Gasteiger partial charge in [0.1, 0.15) is 17.4 Å². The van der Waals surface area contributed by atoms with Gasteiger partial charge in [0.05, 0.1) is 0 Å². The topological polar surface area (TPSA) is 67.6 Å². The van der Waals surface area contributed by atoms with Crippen LogP contribution in [-0.2, 0) is 11.2 Å². The highest BCUT2D eigenvalue weighted by Crippen LogP contribution is 2.39. The number of amides is 1. The first-order valence-electron chi connectivity index (χ1n) is 7.28. The summed E-state index contributed by atoms with van der Waals surface area (Å²) in [5.74, 6) is 0.430. The number of nitrogens with one attached hydrogen (secondary N) is 1. The number of nitrogens with two attached hydrogens (primary N) is 1. The van der Waals surface area contributed by atoms with Gasteiger partial charge in [0.25, 0.3) is 0 Å². The van der Waals surface area contributed by atoms with Gasteiger partial charge in [0.15, 0.2) is 0 Å². The maximum Gasteiger partial charge on any atom is 0.239 e. The van der Waals surface area contributed by atoms with E-state index in [1.165, 1.54) is 0 Å². The van der Waals surface area contributed by atoms with Crippen LogP contribution in [0.25, 0.3) is 0 Å². The van der Waals surface area contributed by atoms with Crippen LogP contribution < -0.4 is 15.8 Å². The predicted molar refractivity (Wildman–Crippen MR) is 83.3 cm³/mol. The molecule has 1 aromatic rings. The highest BCUT2D eigenvalue weighted by atomic mass is 16.5. The summed E-state index contributed by atoms with van der Waals surface area (Å²) < 4.78 is 6.03. The lowest BCUT2D eigenvalue weighted by molar-refractivity contribution is -0.120. The monoisotopic (exact) mass is 291 g/mol. The second-order valence-electron chi connectivity index (χ2n) is 6.47. The van der Waals surface area contributed by atoms with E-state index in [1.54, 1.807) is 0 Å². The van der Waals surface area contributed by atoms with Gasteiger partial charge in [-0.25, -0.2) is 0 Å². The molecule has 116 valence electrons. The van der Waals surface area contributed by atoms with Crippen LogP contribution in [0.2, 0.25) is 0 Å². The minimum absolute atomic E-state index is 0.232. The average Bonchev–Trinajstić information content (AvgIpc) is 2.67.